The lowest BCUT2D eigenvalue weighted by Gasteiger charge is -2.51. The molecule has 2 N–H and O–H groups in total. The Morgan fingerprint density at radius 3 is 1.82 bits per heavy atom. The Morgan fingerprint density at radius 2 is 1.26 bits per heavy atom. The molecule has 0 aliphatic carbocycles. The molecule has 3 aliphatic heterocycles. The van der Waals surface area contributed by atoms with Crippen molar-refractivity contribution >= 4 is 58.2 Å². The number of pyridine rings is 2. The molecule has 3 aliphatic rings. The van der Waals surface area contributed by atoms with Gasteiger partial charge in [0.05, 0.1) is 59.4 Å². The Morgan fingerprint density at radius 1 is 0.679 bits per heavy atom. The molecular weight excluding hydrogens is 1550 g/mol. The highest BCUT2D eigenvalue weighted by molar-refractivity contribution is 7.10. The number of rotatable bonds is 30. The zero-order valence-corrected chi connectivity index (χ0v) is 62.1. The Kier molecular flexibility index (Phi) is 26.8. The van der Waals surface area contributed by atoms with Gasteiger partial charge in [0, 0.05) is 116 Å². The highest BCUT2D eigenvalue weighted by Crippen LogP contribution is 2.50. The number of hydrogen-bond donors (Lipinski definition) is 2. The molecule has 3 saturated heterocycles. The van der Waals surface area contributed by atoms with Crippen LogP contribution in [0.5, 0.6) is 23.0 Å². The Bertz CT molecular complexity index is 4540. The Labute approximate surface area is 641 Å². The quantitative estimate of drug-likeness (QED) is 0.0241. The highest BCUT2D eigenvalue weighted by atomic mass is 32.1. The molecule has 0 saturated carbocycles. The standard InChI is InChI=1S/C76H76F14N8O12S2/c1-5-15-54(71(7-3,109-46-38-56(111-41-46)75(85,86)87)67(105)95-31-25-69(43-91,26-32-95)50-17-11-19-53(77)63(50)107-35-10-9-20-58(99)100)97(8-4)65(103)62-52(74(82,83)84)37-45(40-94-62)48-22-23-51(64(60(48)78)108-36-13-21-59(101)102)70(44-92)27-33-96(34-28-70)68(106)72(110-47-39-57(112-42-47)76(88,89)90)24-14-30-98(55(72)16-6-2)66(104)61-49(73(79,80)81)18-12-29-93-61/h7,11-12,17-19,22-23,29,37-42,54-55H,3,5-6,8-10,13-16,20-21,24-28,30-36H2,1-2,4H3,(H,99,100)(H,101,102). The third-order valence-corrected chi connectivity index (χ3v) is 22.1. The van der Waals surface area contributed by atoms with Gasteiger partial charge in [-0.15, -0.1) is 22.7 Å². The first-order valence-electron chi connectivity index (χ1n) is 35.6. The minimum absolute atomic E-state index is 0.00468. The predicted molar refractivity (Wildman–Crippen MR) is 376 cm³/mol. The van der Waals surface area contributed by atoms with Gasteiger partial charge in [-0.05, 0) is 101 Å². The van der Waals surface area contributed by atoms with Gasteiger partial charge in [0.1, 0.15) is 32.6 Å². The summed E-state index contributed by atoms with van der Waals surface area (Å²) in [7, 11) is 0. The summed E-state index contributed by atoms with van der Waals surface area (Å²) >= 11 is 0.380. The van der Waals surface area contributed by atoms with Gasteiger partial charge in [-0.2, -0.15) is 63.2 Å². The van der Waals surface area contributed by atoms with Gasteiger partial charge in [0.25, 0.3) is 23.6 Å². The fourth-order valence-electron chi connectivity index (χ4n) is 14.7. The summed E-state index contributed by atoms with van der Waals surface area (Å²) in [6, 6.07) is 10.2. The number of likely N-dealkylation sites (tertiary alicyclic amines) is 3. The number of amides is 4. The number of unbranched alkanes of at least 4 members (excludes halogenated alkanes) is 1. The minimum atomic E-state index is -5.55. The number of aliphatic carboxylic acids is 2. The van der Waals surface area contributed by atoms with E-state index < -0.39 is 212 Å². The molecule has 7 heterocycles. The first-order valence-corrected chi connectivity index (χ1v) is 37.4. The smallest absolute Gasteiger partial charge is 0.425 e. The molecule has 602 valence electrons. The van der Waals surface area contributed by atoms with E-state index in [9.17, 15) is 69.5 Å². The number of carbonyl (C=O) groups is 6. The average Bonchev–Trinajstić information content (AvgIpc) is 0.902. The van der Waals surface area contributed by atoms with Crippen LogP contribution in [0.15, 0.2) is 96.5 Å². The zero-order chi connectivity index (χ0) is 82.1. The highest BCUT2D eigenvalue weighted by Gasteiger charge is 2.59. The van der Waals surface area contributed by atoms with E-state index in [1.54, 1.807) is 13.8 Å². The zero-order valence-electron chi connectivity index (χ0n) is 60.4. The second-order valence-electron chi connectivity index (χ2n) is 27.1. The largest absolute Gasteiger partial charge is 0.490 e. The van der Waals surface area contributed by atoms with Crippen molar-refractivity contribution < 1.29 is 119 Å². The summed E-state index contributed by atoms with van der Waals surface area (Å²) in [4.78, 5) is 93.3. The summed E-state index contributed by atoms with van der Waals surface area (Å²) in [5, 5.41) is 42.5. The summed E-state index contributed by atoms with van der Waals surface area (Å²) in [5.41, 5.74) is -15.6. The monoisotopic (exact) mass is 1620 g/mol. The molecular formula is C76H76F14N8O12S2. The SMILES string of the molecule is C=CC(Oc1csc(C(F)(F)F)c1)(C(=O)N1CCC(C#N)(c2cccc(F)c2OCCCCC(=O)O)CC1)C(CCC)N(CC)C(=O)c1ncc(-c2ccc(C3(C#N)CCN(C(=O)C4(Oc5csc(C(F)(F)F)c5)CCCN(C(=O)c5ncccc5C(F)(F)F)C4CCC)CC3)c(OCCCC(=O)O)c2F)cc1C(F)(F)F. The fraction of sp³-hybridized carbons (Fsp3) is 0.474. The van der Waals surface area contributed by atoms with Gasteiger partial charge in [-0.25, -0.2) is 13.8 Å². The van der Waals surface area contributed by atoms with Crippen LogP contribution in [0.4, 0.5) is 61.5 Å². The van der Waals surface area contributed by atoms with E-state index in [0.717, 1.165) is 66.9 Å². The van der Waals surface area contributed by atoms with Crippen LogP contribution in [-0.4, -0.2) is 151 Å². The Hall–Kier alpha value is -10.1. The molecule has 3 fully saturated rings. The molecule has 0 radical (unpaired) electrons. The van der Waals surface area contributed by atoms with Gasteiger partial charge >= 0.3 is 36.6 Å². The summed E-state index contributed by atoms with van der Waals surface area (Å²) < 4.78 is 234. The Balaban J connectivity index is 1.06. The van der Waals surface area contributed by atoms with Crippen molar-refractivity contribution in [2.45, 2.75) is 176 Å². The van der Waals surface area contributed by atoms with Crippen molar-refractivity contribution in [2.75, 3.05) is 52.5 Å². The molecule has 6 aromatic rings. The van der Waals surface area contributed by atoms with E-state index in [1.807, 2.05) is 0 Å². The van der Waals surface area contributed by atoms with Crippen LogP contribution in [0.25, 0.3) is 11.1 Å². The maximum absolute atomic E-state index is 17.9. The van der Waals surface area contributed by atoms with Crippen LogP contribution in [0.3, 0.4) is 0 Å². The number of aromatic nitrogens is 2. The molecule has 0 bridgehead atoms. The van der Waals surface area contributed by atoms with Crippen molar-refractivity contribution in [1.82, 2.24) is 29.6 Å². The number of hydrogen-bond acceptors (Lipinski definition) is 16. The van der Waals surface area contributed by atoms with E-state index in [2.05, 4.69) is 28.7 Å². The van der Waals surface area contributed by atoms with E-state index >= 15 is 36.3 Å². The maximum atomic E-state index is 17.9. The first kappa shape index (κ1) is 85.9. The lowest BCUT2D eigenvalue weighted by Crippen LogP contribution is -2.68. The average molecular weight is 1620 g/mol. The molecule has 4 aromatic heterocycles. The second kappa shape index (κ2) is 34.9. The van der Waals surface area contributed by atoms with Crippen LogP contribution in [-0.2, 0) is 54.7 Å². The van der Waals surface area contributed by atoms with Crippen LogP contribution in [0.1, 0.15) is 170 Å². The minimum Gasteiger partial charge on any atom is -0.490 e. The normalized spacial score (nSPS) is 18.1. The number of carboxylic acids is 2. The number of nitriles is 2. The fourth-order valence-corrected chi connectivity index (χ4v) is 16.0. The van der Waals surface area contributed by atoms with Crippen molar-refractivity contribution in [3.63, 3.8) is 0 Å². The molecule has 112 heavy (non-hydrogen) atoms. The van der Waals surface area contributed by atoms with Crippen molar-refractivity contribution in [3.8, 4) is 46.3 Å². The van der Waals surface area contributed by atoms with Crippen molar-refractivity contribution in [2.24, 2.45) is 0 Å². The first-order chi connectivity index (χ1) is 52.8. The van der Waals surface area contributed by atoms with Crippen LogP contribution >= 0.6 is 22.7 Å². The number of para-hydroxylation sites is 1. The van der Waals surface area contributed by atoms with Gasteiger partial charge in [-0.1, -0.05) is 57.5 Å². The number of halogens is 14. The summed E-state index contributed by atoms with van der Waals surface area (Å²) in [6.45, 7) is 5.13. The van der Waals surface area contributed by atoms with E-state index in [1.165, 1.54) is 19.1 Å². The third-order valence-electron chi connectivity index (χ3n) is 20.2. The predicted octanol–water partition coefficient (Wildman–Crippen LogP) is 16.5. The number of nitrogens with zero attached hydrogens (tertiary/aromatic N) is 8. The number of piperidine rings is 3. The molecule has 0 spiro atoms. The lowest BCUT2D eigenvalue weighted by atomic mass is 9.72. The van der Waals surface area contributed by atoms with Gasteiger partial charge in [-0.3, -0.25) is 33.8 Å². The third kappa shape index (κ3) is 18.2. The van der Waals surface area contributed by atoms with Crippen molar-refractivity contribution in [3.05, 3.63) is 152 Å². The number of carbonyl (C=O) groups excluding carboxylic acids is 4. The molecule has 36 heteroatoms. The molecule has 4 unspecified atom stereocenters. The number of benzene rings is 2. The van der Waals surface area contributed by atoms with Gasteiger partial charge in [0.2, 0.25) is 11.2 Å². The van der Waals surface area contributed by atoms with E-state index in [0.29, 0.717) is 30.5 Å². The number of thiophene rings is 2. The van der Waals surface area contributed by atoms with Crippen LogP contribution in [0, 0.1) is 34.3 Å². The van der Waals surface area contributed by atoms with Crippen LogP contribution < -0.4 is 18.9 Å². The topological polar surface area (TPSA) is 266 Å². The molecule has 2 aromatic carbocycles. The summed E-state index contributed by atoms with van der Waals surface area (Å²) in [5.74, 6) is -11.7. The lowest BCUT2D eigenvalue weighted by molar-refractivity contribution is -0.161. The van der Waals surface area contributed by atoms with Gasteiger partial charge < -0.3 is 48.8 Å². The second-order valence-corrected chi connectivity index (χ2v) is 29.0. The molecule has 4 amide bonds. The number of alkyl halides is 12. The summed E-state index contributed by atoms with van der Waals surface area (Å²) in [6.07, 6.45) is -20.9. The number of carboxylic acid groups (broad SMARTS) is 2. The molecule has 20 nitrogen and oxygen atoms in total. The van der Waals surface area contributed by atoms with E-state index in [4.69, 9.17) is 24.1 Å². The van der Waals surface area contributed by atoms with E-state index in [-0.39, 0.29) is 143 Å². The number of likely N-dealkylation sites (N-methyl/N-ethyl adjacent to an activating group) is 1. The number of ether oxygens (including phenoxy) is 4. The molecule has 9 rings (SSSR count). The maximum Gasteiger partial charge on any atom is 0.425 e. The molecule has 4 atom stereocenters. The van der Waals surface area contributed by atoms with Crippen molar-refractivity contribution in [1.29, 1.82) is 10.5 Å². The van der Waals surface area contributed by atoms with Crippen LogP contribution in [0.2, 0.25) is 0 Å². The van der Waals surface area contributed by atoms with Gasteiger partial charge in [0.15, 0.2) is 23.1 Å².